The monoisotopic (exact) mass is 435 g/mol. The van der Waals surface area contributed by atoms with Crippen LogP contribution in [0.3, 0.4) is 0 Å². The summed E-state index contributed by atoms with van der Waals surface area (Å²) < 4.78 is 7.93. The minimum absolute atomic E-state index is 0.00184. The number of hydrogen-bond donors (Lipinski definition) is 1. The van der Waals surface area contributed by atoms with Crippen molar-refractivity contribution in [1.29, 1.82) is 0 Å². The summed E-state index contributed by atoms with van der Waals surface area (Å²) in [7, 11) is 0. The summed E-state index contributed by atoms with van der Waals surface area (Å²) in [4.78, 5) is 19.5. The van der Waals surface area contributed by atoms with Crippen LogP contribution < -0.4 is 4.74 Å². The summed E-state index contributed by atoms with van der Waals surface area (Å²) in [5.74, 6) is 1.77. The molecule has 4 rings (SSSR count). The highest BCUT2D eigenvalue weighted by molar-refractivity contribution is 5.81. The minimum atomic E-state index is -0.705. The summed E-state index contributed by atoms with van der Waals surface area (Å²) in [6.45, 7) is 11.5. The van der Waals surface area contributed by atoms with Crippen LogP contribution in [0.4, 0.5) is 0 Å². The third kappa shape index (κ3) is 4.51. The standard InChI is InChI=1S/C26H33N3O3/c1-17-10-11-21(12-18(17)2)32-16-20(30)15-28-23-9-7-6-8-22(23)27-25(28)19-13-24(31)29(14-19)26(3,4)5/h6-12,19-20,30H,13-16H2,1-5H3/t19-,20-/m1/s1. The highest BCUT2D eigenvalue weighted by atomic mass is 16.5. The second-order valence-corrected chi connectivity index (χ2v) is 9.86. The van der Waals surface area contributed by atoms with Crippen molar-refractivity contribution >= 4 is 16.9 Å². The van der Waals surface area contributed by atoms with Crippen molar-refractivity contribution in [3.05, 3.63) is 59.4 Å². The lowest BCUT2D eigenvalue weighted by atomic mass is 10.1. The number of carbonyl (C=O) groups excluding carboxylic acids is 1. The fourth-order valence-electron chi connectivity index (χ4n) is 4.39. The zero-order valence-electron chi connectivity index (χ0n) is 19.6. The fourth-order valence-corrected chi connectivity index (χ4v) is 4.39. The van der Waals surface area contributed by atoms with E-state index in [9.17, 15) is 9.90 Å². The average Bonchev–Trinajstić information content (AvgIpc) is 3.30. The Labute approximate surface area is 189 Å². The Hall–Kier alpha value is -2.86. The van der Waals surface area contributed by atoms with Crippen molar-refractivity contribution in [2.75, 3.05) is 13.2 Å². The smallest absolute Gasteiger partial charge is 0.223 e. The van der Waals surface area contributed by atoms with Gasteiger partial charge in [-0.2, -0.15) is 0 Å². The topological polar surface area (TPSA) is 67.6 Å². The molecule has 32 heavy (non-hydrogen) atoms. The highest BCUT2D eigenvalue weighted by Gasteiger charge is 2.39. The van der Waals surface area contributed by atoms with Gasteiger partial charge in [-0.05, 0) is 70.0 Å². The maximum absolute atomic E-state index is 12.7. The molecule has 0 aliphatic carbocycles. The lowest BCUT2D eigenvalue weighted by molar-refractivity contribution is -0.131. The molecule has 170 valence electrons. The molecule has 2 aromatic carbocycles. The molecule has 0 bridgehead atoms. The second kappa shape index (κ2) is 8.58. The van der Waals surface area contributed by atoms with E-state index >= 15 is 0 Å². The first-order valence-corrected chi connectivity index (χ1v) is 11.3. The van der Waals surface area contributed by atoms with Crippen molar-refractivity contribution in [3.8, 4) is 5.75 Å². The molecule has 1 saturated heterocycles. The van der Waals surface area contributed by atoms with Crippen molar-refractivity contribution in [1.82, 2.24) is 14.5 Å². The van der Waals surface area contributed by atoms with E-state index in [2.05, 4.69) is 32.3 Å². The number of carbonyl (C=O) groups is 1. The number of fused-ring (bicyclic) bond motifs is 1. The van der Waals surface area contributed by atoms with Crippen LogP contribution in [0.15, 0.2) is 42.5 Å². The van der Waals surface area contributed by atoms with Crippen molar-refractivity contribution in [3.63, 3.8) is 0 Å². The van der Waals surface area contributed by atoms with E-state index in [1.54, 1.807) is 0 Å². The van der Waals surface area contributed by atoms with Gasteiger partial charge in [-0.1, -0.05) is 18.2 Å². The molecule has 1 aliphatic rings. The third-order valence-corrected chi connectivity index (χ3v) is 6.30. The van der Waals surface area contributed by atoms with Crippen LogP contribution in [0.25, 0.3) is 11.0 Å². The number of aliphatic hydroxyl groups is 1. The predicted octanol–water partition coefficient (Wildman–Crippen LogP) is 4.21. The van der Waals surface area contributed by atoms with Gasteiger partial charge in [0, 0.05) is 24.4 Å². The number of para-hydroxylation sites is 2. The minimum Gasteiger partial charge on any atom is -0.491 e. The maximum Gasteiger partial charge on any atom is 0.223 e. The first-order chi connectivity index (χ1) is 15.1. The molecule has 1 amide bonds. The van der Waals surface area contributed by atoms with Gasteiger partial charge in [0.1, 0.15) is 24.3 Å². The van der Waals surface area contributed by atoms with Gasteiger partial charge in [0.25, 0.3) is 0 Å². The summed E-state index contributed by atoms with van der Waals surface area (Å²) in [5.41, 5.74) is 4.00. The molecule has 0 unspecified atom stereocenters. The number of rotatable bonds is 6. The second-order valence-electron chi connectivity index (χ2n) is 9.86. The average molecular weight is 436 g/mol. The molecule has 0 radical (unpaired) electrons. The Bertz CT molecular complexity index is 1130. The summed E-state index contributed by atoms with van der Waals surface area (Å²) >= 11 is 0. The number of nitrogens with zero attached hydrogens (tertiary/aromatic N) is 3. The number of ether oxygens (including phenoxy) is 1. The molecule has 0 spiro atoms. The van der Waals surface area contributed by atoms with Gasteiger partial charge in [0.15, 0.2) is 0 Å². The van der Waals surface area contributed by atoms with Crippen molar-refractivity contribution in [2.45, 2.75) is 65.1 Å². The normalized spacial score (nSPS) is 17.9. The molecular weight excluding hydrogens is 402 g/mol. The van der Waals surface area contributed by atoms with Gasteiger partial charge in [-0.15, -0.1) is 0 Å². The lowest BCUT2D eigenvalue weighted by Gasteiger charge is -2.32. The molecule has 1 aromatic heterocycles. The predicted molar refractivity (Wildman–Crippen MR) is 126 cm³/mol. The van der Waals surface area contributed by atoms with Gasteiger partial charge >= 0.3 is 0 Å². The number of hydrogen-bond acceptors (Lipinski definition) is 4. The van der Waals surface area contributed by atoms with Crippen LogP contribution in [-0.4, -0.2) is 50.3 Å². The fraction of sp³-hybridized carbons (Fsp3) is 0.462. The molecule has 1 aliphatic heterocycles. The Morgan fingerprint density at radius 1 is 1.16 bits per heavy atom. The van der Waals surface area contributed by atoms with Gasteiger partial charge in [0.2, 0.25) is 5.91 Å². The van der Waals surface area contributed by atoms with E-state index in [4.69, 9.17) is 9.72 Å². The Balaban J connectivity index is 1.55. The zero-order chi connectivity index (χ0) is 23.0. The van der Waals surface area contributed by atoms with Crippen LogP contribution in [0, 0.1) is 13.8 Å². The molecular formula is C26H33N3O3. The Kier molecular flexibility index (Phi) is 5.99. The van der Waals surface area contributed by atoms with Crippen molar-refractivity contribution in [2.24, 2.45) is 0 Å². The number of aryl methyl sites for hydroxylation is 2. The quantitative estimate of drug-likeness (QED) is 0.630. The maximum atomic E-state index is 12.7. The van der Waals surface area contributed by atoms with Crippen LogP contribution in [-0.2, 0) is 11.3 Å². The SMILES string of the molecule is Cc1ccc(OC[C@H](O)Cn2c([C@@H]3CC(=O)N(C(C)(C)C)C3)nc3ccccc32)cc1C. The van der Waals surface area contributed by atoms with Gasteiger partial charge in [-0.3, -0.25) is 4.79 Å². The summed E-state index contributed by atoms with van der Waals surface area (Å²) in [6.07, 6.45) is -0.265. The third-order valence-electron chi connectivity index (χ3n) is 6.30. The van der Waals surface area contributed by atoms with E-state index in [0.717, 1.165) is 28.2 Å². The van der Waals surface area contributed by atoms with Crippen LogP contribution in [0.1, 0.15) is 50.1 Å². The number of aromatic nitrogens is 2. The first-order valence-electron chi connectivity index (χ1n) is 11.3. The Morgan fingerprint density at radius 3 is 2.59 bits per heavy atom. The van der Waals surface area contributed by atoms with E-state index in [-0.39, 0.29) is 24.0 Å². The largest absolute Gasteiger partial charge is 0.491 e. The number of amides is 1. The molecule has 3 aromatic rings. The molecule has 2 atom stereocenters. The van der Waals surface area contributed by atoms with Crippen LogP contribution in [0.2, 0.25) is 0 Å². The van der Waals surface area contributed by atoms with E-state index < -0.39 is 6.10 Å². The van der Waals surface area contributed by atoms with Crippen LogP contribution >= 0.6 is 0 Å². The van der Waals surface area contributed by atoms with Gasteiger partial charge in [-0.25, -0.2) is 4.98 Å². The first kappa shape index (κ1) is 22.3. The van der Waals surface area contributed by atoms with Gasteiger partial charge < -0.3 is 19.3 Å². The summed E-state index contributed by atoms with van der Waals surface area (Å²) in [6, 6.07) is 13.9. The molecule has 6 nitrogen and oxygen atoms in total. The molecule has 2 heterocycles. The van der Waals surface area contributed by atoms with E-state index in [1.165, 1.54) is 5.56 Å². The molecule has 1 fully saturated rings. The number of likely N-dealkylation sites (tertiary alicyclic amines) is 1. The molecule has 1 N–H and O–H groups in total. The lowest BCUT2D eigenvalue weighted by Crippen LogP contribution is -2.42. The summed E-state index contributed by atoms with van der Waals surface area (Å²) in [5, 5.41) is 10.8. The van der Waals surface area contributed by atoms with E-state index in [0.29, 0.717) is 19.5 Å². The van der Waals surface area contributed by atoms with E-state index in [1.807, 2.05) is 54.3 Å². The Morgan fingerprint density at radius 2 is 1.91 bits per heavy atom. The number of aliphatic hydroxyl groups excluding tert-OH is 1. The number of imidazole rings is 1. The highest BCUT2D eigenvalue weighted by Crippen LogP contribution is 2.34. The van der Waals surface area contributed by atoms with Crippen LogP contribution in [0.5, 0.6) is 5.75 Å². The zero-order valence-corrected chi connectivity index (χ0v) is 19.6. The number of benzene rings is 2. The van der Waals surface area contributed by atoms with Gasteiger partial charge in [0.05, 0.1) is 17.6 Å². The molecule has 6 heteroatoms. The van der Waals surface area contributed by atoms with Crippen molar-refractivity contribution < 1.29 is 14.6 Å². The molecule has 0 saturated carbocycles.